The second kappa shape index (κ2) is 7.85. The van der Waals surface area contributed by atoms with Crippen molar-refractivity contribution in [3.05, 3.63) is 33.8 Å². The number of unbranched alkanes of at least 4 members (excludes halogenated alkanes) is 1. The average molecular weight is 328 g/mol. The van der Waals surface area contributed by atoms with Gasteiger partial charge in [-0.2, -0.15) is 0 Å². The van der Waals surface area contributed by atoms with E-state index in [4.69, 9.17) is 28.9 Å². The Morgan fingerprint density at radius 1 is 1.24 bits per heavy atom. The van der Waals surface area contributed by atoms with Crippen molar-refractivity contribution in [3.8, 4) is 0 Å². The number of benzene rings is 1. The minimum Gasteiger partial charge on any atom is -0.330 e. The first-order valence-electron chi connectivity index (χ1n) is 8.22. The lowest BCUT2D eigenvalue weighted by molar-refractivity contribution is 0.150. The normalized spacial score (nSPS) is 26.0. The van der Waals surface area contributed by atoms with Gasteiger partial charge in [-0.3, -0.25) is 0 Å². The van der Waals surface area contributed by atoms with E-state index in [1.54, 1.807) is 0 Å². The molecular formula is C18H27Cl2N. The Morgan fingerprint density at radius 2 is 1.95 bits per heavy atom. The van der Waals surface area contributed by atoms with Crippen LogP contribution >= 0.6 is 23.2 Å². The van der Waals surface area contributed by atoms with E-state index in [9.17, 15) is 0 Å². The van der Waals surface area contributed by atoms with Crippen molar-refractivity contribution in [2.24, 2.45) is 17.1 Å². The lowest BCUT2D eigenvalue weighted by Gasteiger charge is -2.40. The summed E-state index contributed by atoms with van der Waals surface area (Å²) in [5.41, 5.74) is 7.57. The molecule has 0 bridgehead atoms. The zero-order valence-corrected chi connectivity index (χ0v) is 14.5. The van der Waals surface area contributed by atoms with Crippen LogP contribution in [0.4, 0.5) is 0 Å². The molecule has 0 saturated heterocycles. The molecular weight excluding hydrogens is 301 g/mol. The Kier molecular flexibility index (Phi) is 6.40. The summed E-state index contributed by atoms with van der Waals surface area (Å²) in [6.45, 7) is 3.03. The third kappa shape index (κ3) is 4.61. The molecule has 0 atom stereocenters. The van der Waals surface area contributed by atoms with Gasteiger partial charge in [0, 0.05) is 10.0 Å². The van der Waals surface area contributed by atoms with E-state index in [1.165, 1.54) is 50.5 Å². The molecule has 1 aliphatic carbocycles. The van der Waals surface area contributed by atoms with Crippen molar-refractivity contribution in [2.45, 2.75) is 58.3 Å². The summed E-state index contributed by atoms with van der Waals surface area (Å²) in [6, 6.07) is 5.83. The minimum absolute atomic E-state index is 0.236. The molecule has 0 aliphatic heterocycles. The second-order valence-corrected chi connectivity index (χ2v) is 7.55. The van der Waals surface area contributed by atoms with E-state index in [2.05, 4.69) is 13.0 Å². The van der Waals surface area contributed by atoms with Gasteiger partial charge in [0.1, 0.15) is 0 Å². The molecule has 3 heteroatoms. The zero-order chi connectivity index (χ0) is 15.3. The van der Waals surface area contributed by atoms with Crippen LogP contribution < -0.4 is 5.73 Å². The van der Waals surface area contributed by atoms with Gasteiger partial charge in [0.25, 0.3) is 0 Å². The first kappa shape index (κ1) is 17.1. The highest BCUT2D eigenvalue weighted by Crippen LogP contribution is 2.43. The van der Waals surface area contributed by atoms with Crippen molar-refractivity contribution in [2.75, 3.05) is 6.54 Å². The van der Waals surface area contributed by atoms with Crippen LogP contribution in [0.15, 0.2) is 18.2 Å². The number of rotatable bonds is 6. The predicted octanol–water partition coefficient (Wildman–Crippen LogP) is 5.86. The number of halogens is 2. The molecule has 1 fully saturated rings. The van der Waals surface area contributed by atoms with Crippen molar-refractivity contribution < 1.29 is 0 Å². The van der Waals surface area contributed by atoms with Gasteiger partial charge >= 0.3 is 0 Å². The van der Waals surface area contributed by atoms with Crippen LogP contribution in [-0.2, 0) is 6.42 Å². The Morgan fingerprint density at radius 3 is 2.52 bits per heavy atom. The van der Waals surface area contributed by atoms with Gasteiger partial charge in [-0.15, -0.1) is 0 Å². The van der Waals surface area contributed by atoms with E-state index < -0.39 is 0 Å². The summed E-state index contributed by atoms with van der Waals surface area (Å²) in [5, 5.41) is 1.48. The van der Waals surface area contributed by atoms with Crippen LogP contribution in [0.25, 0.3) is 0 Å². The third-order valence-electron chi connectivity index (χ3n) is 5.15. The van der Waals surface area contributed by atoms with Crippen LogP contribution in [0.2, 0.25) is 10.0 Å². The van der Waals surface area contributed by atoms with Gasteiger partial charge in [-0.05, 0) is 67.7 Å². The zero-order valence-electron chi connectivity index (χ0n) is 13.0. The molecule has 1 nitrogen and oxygen atoms in total. The molecule has 1 aromatic carbocycles. The van der Waals surface area contributed by atoms with E-state index in [0.717, 1.165) is 23.9 Å². The van der Waals surface area contributed by atoms with E-state index in [-0.39, 0.29) is 5.41 Å². The Bertz CT molecular complexity index is 451. The predicted molar refractivity (Wildman–Crippen MR) is 93.1 cm³/mol. The van der Waals surface area contributed by atoms with Gasteiger partial charge in [-0.25, -0.2) is 0 Å². The number of hydrogen-bond donors (Lipinski definition) is 1. The smallest absolute Gasteiger partial charge is 0.0453 e. The van der Waals surface area contributed by atoms with Gasteiger partial charge in [0.15, 0.2) is 0 Å². The standard InChI is InChI=1S/C18H27Cl2N/c1-2-3-4-14-7-9-18(13-21,10-8-14)12-15-5-6-16(19)11-17(15)20/h5-6,11,14H,2-4,7-10,12-13,21H2,1H3. The van der Waals surface area contributed by atoms with Gasteiger partial charge < -0.3 is 5.73 Å². The molecule has 118 valence electrons. The first-order chi connectivity index (χ1) is 10.1. The molecule has 1 aliphatic rings. The number of hydrogen-bond acceptors (Lipinski definition) is 1. The van der Waals surface area contributed by atoms with Crippen LogP contribution in [0.5, 0.6) is 0 Å². The highest BCUT2D eigenvalue weighted by Gasteiger charge is 2.34. The summed E-state index contributed by atoms with van der Waals surface area (Å²) in [5.74, 6) is 0.908. The first-order valence-corrected chi connectivity index (χ1v) is 8.98. The highest BCUT2D eigenvalue weighted by atomic mass is 35.5. The maximum Gasteiger partial charge on any atom is 0.0453 e. The molecule has 0 radical (unpaired) electrons. The van der Waals surface area contributed by atoms with Gasteiger partial charge in [0.2, 0.25) is 0 Å². The molecule has 0 heterocycles. The Hall–Kier alpha value is -0.240. The average Bonchev–Trinajstić information content (AvgIpc) is 2.49. The van der Waals surface area contributed by atoms with Crippen molar-refractivity contribution in [3.63, 3.8) is 0 Å². The molecule has 1 aromatic rings. The topological polar surface area (TPSA) is 26.0 Å². The molecule has 0 unspecified atom stereocenters. The summed E-state index contributed by atoms with van der Waals surface area (Å²) in [7, 11) is 0. The molecule has 2 rings (SSSR count). The fourth-order valence-electron chi connectivity index (χ4n) is 3.59. The minimum atomic E-state index is 0.236. The molecule has 2 N–H and O–H groups in total. The SMILES string of the molecule is CCCCC1CCC(CN)(Cc2ccc(Cl)cc2Cl)CC1. The monoisotopic (exact) mass is 327 g/mol. The van der Waals surface area contributed by atoms with E-state index in [0.29, 0.717) is 5.02 Å². The lowest BCUT2D eigenvalue weighted by atomic mass is 9.66. The summed E-state index contributed by atoms with van der Waals surface area (Å²) in [6.07, 6.45) is 10.2. The van der Waals surface area contributed by atoms with E-state index >= 15 is 0 Å². The van der Waals surface area contributed by atoms with Gasteiger partial charge in [-0.1, -0.05) is 55.5 Å². The number of nitrogens with two attached hydrogens (primary N) is 1. The summed E-state index contributed by atoms with van der Waals surface area (Å²) >= 11 is 12.3. The van der Waals surface area contributed by atoms with Crippen molar-refractivity contribution in [1.82, 2.24) is 0 Å². The molecule has 0 spiro atoms. The third-order valence-corrected chi connectivity index (χ3v) is 5.73. The van der Waals surface area contributed by atoms with Crippen LogP contribution in [0, 0.1) is 11.3 Å². The highest BCUT2D eigenvalue weighted by molar-refractivity contribution is 6.35. The molecule has 0 aromatic heterocycles. The largest absolute Gasteiger partial charge is 0.330 e. The fraction of sp³-hybridized carbons (Fsp3) is 0.667. The Balaban J connectivity index is 1.99. The maximum atomic E-state index is 6.34. The summed E-state index contributed by atoms with van der Waals surface area (Å²) < 4.78 is 0. The fourth-order valence-corrected chi connectivity index (χ4v) is 4.07. The molecule has 21 heavy (non-hydrogen) atoms. The van der Waals surface area contributed by atoms with Gasteiger partial charge in [0.05, 0.1) is 0 Å². The lowest BCUT2D eigenvalue weighted by Crippen LogP contribution is -2.37. The van der Waals surface area contributed by atoms with Crippen molar-refractivity contribution >= 4 is 23.2 Å². The second-order valence-electron chi connectivity index (χ2n) is 6.70. The quantitative estimate of drug-likeness (QED) is 0.695. The van der Waals surface area contributed by atoms with E-state index in [1.807, 2.05) is 12.1 Å². The van der Waals surface area contributed by atoms with Crippen LogP contribution in [-0.4, -0.2) is 6.54 Å². The van der Waals surface area contributed by atoms with Crippen LogP contribution in [0.3, 0.4) is 0 Å². The molecule has 1 saturated carbocycles. The summed E-state index contributed by atoms with van der Waals surface area (Å²) in [4.78, 5) is 0. The molecule has 0 amide bonds. The van der Waals surface area contributed by atoms with Crippen molar-refractivity contribution in [1.29, 1.82) is 0 Å². The Labute approximate surface area is 139 Å². The van der Waals surface area contributed by atoms with Crippen LogP contribution in [0.1, 0.15) is 57.4 Å². The maximum absolute atomic E-state index is 6.34.